The molecule has 1 saturated heterocycles. The Hall–Kier alpha value is -1.29. The summed E-state index contributed by atoms with van der Waals surface area (Å²) in [6, 6.07) is 6.87. The molecule has 4 nitrogen and oxygen atoms in total. The monoisotopic (exact) mass is 262 g/mol. The Labute approximate surface area is 116 Å². The summed E-state index contributed by atoms with van der Waals surface area (Å²) < 4.78 is 0. The van der Waals surface area contributed by atoms with Crippen LogP contribution in [0, 0.1) is 0 Å². The number of anilines is 2. The molecular formula is C15H26N4. The fourth-order valence-corrected chi connectivity index (χ4v) is 2.61. The second kappa shape index (κ2) is 6.75. The standard InChI is InChI=1S/C15H26N4/c1-4-10-16-14-8-5-9-15(17-14)19(3)12-13-7-6-11-18(13)2/h5,8-9,13H,4,6-7,10-12H2,1-3H3,(H,16,17). The zero-order valence-corrected chi connectivity index (χ0v) is 12.4. The van der Waals surface area contributed by atoms with Crippen molar-refractivity contribution in [2.45, 2.75) is 32.2 Å². The molecule has 1 unspecified atom stereocenters. The lowest BCUT2D eigenvalue weighted by atomic mass is 10.2. The maximum Gasteiger partial charge on any atom is 0.130 e. The zero-order valence-electron chi connectivity index (χ0n) is 12.4. The molecule has 0 aliphatic carbocycles. The number of hydrogen-bond acceptors (Lipinski definition) is 4. The fraction of sp³-hybridized carbons (Fsp3) is 0.667. The van der Waals surface area contributed by atoms with E-state index in [1.165, 1.54) is 19.4 Å². The van der Waals surface area contributed by atoms with Crippen LogP contribution in [0.3, 0.4) is 0 Å². The van der Waals surface area contributed by atoms with Gasteiger partial charge in [-0.2, -0.15) is 0 Å². The van der Waals surface area contributed by atoms with Gasteiger partial charge < -0.3 is 15.1 Å². The molecule has 0 amide bonds. The van der Waals surface area contributed by atoms with Gasteiger partial charge in [0.2, 0.25) is 0 Å². The molecule has 1 fully saturated rings. The van der Waals surface area contributed by atoms with Crippen LogP contribution in [-0.4, -0.2) is 49.7 Å². The zero-order chi connectivity index (χ0) is 13.7. The number of likely N-dealkylation sites (N-methyl/N-ethyl adjacent to an activating group) is 2. The number of likely N-dealkylation sites (tertiary alicyclic amines) is 1. The molecule has 1 atom stereocenters. The highest BCUT2D eigenvalue weighted by Crippen LogP contribution is 2.19. The van der Waals surface area contributed by atoms with Crippen LogP contribution in [0.25, 0.3) is 0 Å². The predicted molar refractivity (Wildman–Crippen MR) is 81.9 cm³/mol. The Kier molecular flexibility index (Phi) is 5.02. The highest BCUT2D eigenvalue weighted by molar-refractivity contribution is 5.46. The number of hydrogen-bond donors (Lipinski definition) is 1. The molecular weight excluding hydrogens is 236 g/mol. The van der Waals surface area contributed by atoms with Crippen LogP contribution in [0.1, 0.15) is 26.2 Å². The predicted octanol–water partition coefficient (Wildman–Crippen LogP) is 2.43. The van der Waals surface area contributed by atoms with Gasteiger partial charge in [0.05, 0.1) is 0 Å². The lowest BCUT2D eigenvalue weighted by Gasteiger charge is -2.26. The van der Waals surface area contributed by atoms with E-state index in [1.54, 1.807) is 0 Å². The molecule has 1 aliphatic heterocycles. The average Bonchev–Trinajstić information content (AvgIpc) is 2.82. The topological polar surface area (TPSA) is 31.4 Å². The van der Waals surface area contributed by atoms with E-state index in [2.05, 4.69) is 53.3 Å². The van der Waals surface area contributed by atoms with Crippen LogP contribution in [0.5, 0.6) is 0 Å². The SMILES string of the molecule is CCCNc1cccc(N(C)CC2CCCN2C)n1. The maximum absolute atomic E-state index is 4.67. The van der Waals surface area contributed by atoms with E-state index in [-0.39, 0.29) is 0 Å². The summed E-state index contributed by atoms with van der Waals surface area (Å²) in [7, 11) is 4.36. The van der Waals surface area contributed by atoms with Crippen molar-refractivity contribution >= 4 is 11.6 Å². The Morgan fingerprint density at radius 2 is 2.32 bits per heavy atom. The number of nitrogens with one attached hydrogen (secondary N) is 1. The molecule has 106 valence electrons. The van der Waals surface area contributed by atoms with E-state index in [1.807, 2.05) is 6.07 Å². The van der Waals surface area contributed by atoms with Crippen molar-refractivity contribution in [2.24, 2.45) is 0 Å². The third kappa shape index (κ3) is 3.83. The maximum atomic E-state index is 4.67. The normalized spacial score (nSPS) is 19.6. The van der Waals surface area contributed by atoms with E-state index < -0.39 is 0 Å². The molecule has 0 radical (unpaired) electrons. The Morgan fingerprint density at radius 3 is 3.00 bits per heavy atom. The van der Waals surface area contributed by atoms with Crippen LogP contribution in [0.15, 0.2) is 18.2 Å². The highest BCUT2D eigenvalue weighted by Gasteiger charge is 2.22. The molecule has 0 aromatic carbocycles. The smallest absolute Gasteiger partial charge is 0.130 e. The van der Waals surface area contributed by atoms with Crippen molar-refractivity contribution in [3.05, 3.63) is 18.2 Å². The van der Waals surface area contributed by atoms with Gasteiger partial charge in [-0.15, -0.1) is 0 Å². The van der Waals surface area contributed by atoms with Gasteiger partial charge in [0.15, 0.2) is 0 Å². The van der Waals surface area contributed by atoms with E-state index >= 15 is 0 Å². The number of nitrogens with zero attached hydrogens (tertiary/aromatic N) is 3. The molecule has 0 bridgehead atoms. The summed E-state index contributed by atoms with van der Waals surface area (Å²) in [6.45, 7) is 5.43. The second-order valence-corrected chi connectivity index (χ2v) is 5.46. The highest BCUT2D eigenvalue weighted by atomic mass is 15.2. The van der Waals surface area contributed by atoms with E-state index in [9.17, 15) is 0 Å². The summed E-state index contributed by atoms with van der Waals surface area (Å²) in [4.78, 5) is 9.40. The molecule has 0 spiro atoms. The van der Waals surface area contributed by atoms with Crippen molar-refractivity contribution in [1.29, 1.82) is 0 Å². The number of aromatic nitrogens is 1. The van der Waals surface area contributed by atoms with Gasteiger partial charge >= 0.3 is 0 Å². The van der Waals surface area contributed by atoms with Crippen LogP contribution in [-0.2, 0) is 0 Å². The van der Waals surface area contributed by atoms with Crippen molar-refractivity contribution < 1.29 is 0 Å². The van der Waals surface area contributed by atoms with E-state index in [0.29, 0.717) is 6.04 Å². The fourth-order valence-electron chi connectivity index (χ4n) is 2.61. The first-order chi connectivity index (χ1) is 9.20. The van der Waals surface area contributed by atoms with Crippen molar-refractivity contribution in [1.82, 2.24) is 9.88 Å². The molecule has 2 heterocycles. The van der Waals surface area contributed by atoms with Gasteiger partial charge in [0, 0.05) is 26.2 Å². The van der Waals surface area contributed by atoms with E-state index in [4.69, 9.17) is 0 Å². The third-order valence-corrected chi connectivity index (χ3v) is 3.84. The largest absolute Gasteiger partial charge is 0.370 e. The number of rotatable bonds is 6. The first-order valence-electron chi connectivity index (χ1n) is 7.33. The second-order valence-electron chi connectivity index (χ2n) is 5.46. The lowest BCUT2D eigenvalue weighted by Crippen LogP contribution is -2.37. The van der Waals surface area contributed by atoms with Crippen LogP contribution >= 0.6 is 0 Å². The Bertz CT molecular complexity index is 393. The first kappa shape index (κ1) is 14.1. The first-order valence-corrected chi connectivity index (χ1v) is 7.33. The summed E-state index contributed by atoms with van der Waals surface area (Å²) in [6.07, 6.45) is 3.74. The van der Waals surface area contributed by atoms with Gasteiger partial charge in [-0.3, -0.25) is 0 Å². The van der Waals surface area contributed by atoms with Gasteiger partial charge in [0.25, 0.3) is 0 Å². The average molecular weight is 262 g/mol. The Balaban J connectivity index is 1.96. The summed E-state index contributed by atoms with van der Waals surface area (Å²) in [5.41, 5.74) is 0. The molecule has 1 aromatic heterocycles. The van der Waals surface area contributed by atoms with Crippen molar-refractivity contribution in [3.63, 3.8) is 0 Å². The minimum atomic E-state index is 0.666. The van der Waals surface area contributed by atoms with Gasteiger partial charge in [-0.05, 0) is 45.0 Å². The van der Waals surface area contributed by atoms with Crippen molar-refractivity contribution in [3.8, 4) is 0 Å². The van der Waals surface area contributed by atoms with Crippen LogP contribution in [0.4, 0.5) is 11.6 Å². The molecule has 1 aromatic rings. The molecule has 1 aliphatic rings. The van der Waals surface area contributed by atoms with Crippen LogP contribution < -0.4 is 10.2 Å². The van der Waals surface area contributed by atoms with Crippen LogP contribution in [0.2, 0.25) is 0 Å². The van der Waals surface area contributed by atoms with E-state index in [0.717, 1.165) is 31.1 Å². The third-order valence-electron chi connectivity index (χ3n) is 3.84. The lowest BCUT2D eigenvalue weighted by molar-refractivity contribution is 0.314. The van der Waals surface area contributed by atoms with Gasteiger partial charge in [0.1, 0.15) is 11.6 Å². The molecule has 4 heteroatoms. The minimum absolute atomic E-state index is 0.666. The quantitative estimate of drug-likeness (QED) is 0.853. The van der Waals surface area contributed by atoms with Gasteiger partial charge in [-0.1, -0.05) is 13.0 Å². The number of pyridine rings is 1. The van der Waals surface area contributed by atoms with Crippen molar-refractivity contribution in [2.75, 3.05) is 43.9 Å². The summed E-state index contributed by atoms with van der Waals surface area (Å²) in [5, 5.41) is 3.34. The summed E-state index contributed by atoms with van der Waals surface area (Å²) in [5.74, 6) is 2.03. The molecule has 2 rings (SSSR count). The minimum Gasteiger partial charge on any atom is -0.370 e. The Morgan fingerprint density at radius 1 is 1.47 bits per heavy atom. The molecule has 19 heavy (non-hydrogen) atoms. The molecule has 0 saturated carbocycles. The summed E-state index contributed by atoms with van der Waals surface area (Å²) >= 11 is 0. The molecule has 1 N–H and O–H groups in total. The van der Waals surface area contributed by atoms with Gasteiger partial charge in [-0.25, -0.2) is 4.98 Å².